The molecular weight excluding hydrogens is 260 g/mol. The fourth-order valence-corrected chi connectivity index (χ4v) is 2.55. The molecule has 0 bridgehead atoms. The van der Waals surface area contributed by atoms with Crippen LogP contribution in [0.15, 0.2) is 24.5 Å². The van der Waals surface area contributed by atoms with Crippen LogP contribution < -0.4 is 0 Å². The molecule has 1 aromatic heterocycles. The van der Waals surface area contributed by atoms with Crippen molar-refractivity contribution in [1.82, 2.24) is 9.55 Å². The van der Waals surface area contributed by atoms with Crippen LogP contribution in [0.4, 0.5) is 0 Å². The van der Waals surface area contributed by atoms with Gasteiger partial charge in [0.2, 0.25) is 0 Å². The van der Waals surface area contributed by atoms with Gasteiger partial charge in [0.1, 0.15) is 11.6 Å². The molecule has 0 aliphatic heterocycles. The number of phenolic OH excluding ortho intramolecular Hbond substituents is 1. The number of aromatic hydroxyl groups is 1. The monoisotopic (exact) mass is 286 g/mol. The van der Waals surface area contributed by atoms with E-state index in [9.17, 15) is 5.11 Å². The first-order valence-corrected chi connectivity index (χ1v) is 7.37. The minimum absolute atomic E-state index is 0.120. The molecule has 0 saturated heterocycles. The third kappa shape index (κ3) is 2.97. The van der Waals surface area contributed by atoms with Crippen molar-refractivity contribution in [2.75, 3.05) is 0 Å². The minimum atomic E-state index is -0.120. The zero-order valence-electron chi connectivity index (χ0n) is 14.2. The van der Waals surface area contributed by atoms with E-state index in [1.165, 1.54) is 0 Å². The highest BCUT2D eigenvalue weighted by molar-refractivity contribution is 5.64. The third-order valence-electron chi connectivity index (χ3n) is 3.81. The first-order chi connectivity index (χ1) is 9.51. The van der Waals surface area contributed by atoms with E-state index < -0.39 is 0 Å². The number of hydrogen-bond acceptors (Lipinski definition) is 2. The van der Waals surface area contributed by atoms with Crippen LogP contribution in [0.5, 0.6) is 5.75 Å². The molecule has 1 aromatic carbocycles. The van der Waals surface area contributed by atoms with Crippen LogP contribution in [0.1, 0.15) is 52.7 Å². The molecule has 2 aromatic rings. The molecule has 1 N–H and O–H groups in total. The quantitative estimate of drug-likeness (QED) is 0.844. The van der Waals surface area contributed by atoms with E-state index in [0.29, 0.717) is 5.75 Å². The summed E-state index contributed by atoms with van der Waals surface area (Å²) < 4.78 is 2.01. The SMILES string of the molecule is Cn1ccnc1-c1cc(C(C)(C)C)c(O)c(C(C)(C)C)c1. The average Bonchev–Trinajstić information content (AvgIpc) is 2.72. The van der Waals surface area contributed by atoms with Gasteiger partial charge in [-0.2, -0.15) is 0 Å². The predicted octanol–water partition coefficient (Wildman–Crippen LogP) is 4.39. The second-order valence-corrected chi connectivity index (χ2v) is 7.78. The van der Waals surface area contributed by atoms with Crippen molar-refractivity contribution >= 4 is 0 Å². The molecule has 0 unspecified atom stereocenters. The van der Waals surface area contributed by atoms with Crippen LogP contribution >= 0.6 is 0 Å². The van der Waals surface area contributed by atoms with Crippen molar-refractivity contribution in [2.45, 2.75) is 52.4 Å². The molecule has 0 aliphatic rings. The Morgan fingerprint density at radius 3 is 1.76 bits per heavy atom. The summed E-state index contributed by atoms with van der Waals surface area (Å²) in [5.41, 5.74) is 2.74. The molecule has 0 amide bonds. The summed E-state index contributed by atoms with van der Waals surface area (Å²) in [5.74, 6) is 1.33. The lowest BCUT2D eigenvalue weighted by molar-refractivity contribution is 0.423. The number of benzene rings is 1. The van der Waals surface area contributed by atoms with Crippen LogP contribution in [0.3, 0.4) is 0 Å². The van der Waals surface area contributed by atoms with E-state index in [0.717, 1.165) is 22.5 Å². The number of hydrogen-bond donors (Lipinski definition) is 1. The van der Waals surface area contributed by atoms with Gasteiger partial charge in [0.05, 0.1) is 0 Å². The van der Waals surface area contributed by atoms with Gasteiger partial charge in [-0.15, -0.1) is 0 Å². The third-order valence-corrected chi connectivity index (χ3v) is 3.81. The standard InChI is InChI=1S/C18H26N2O/c1-17(2,3)13-10-12(16-19-8-9-20(16)7)11-14(15(13)21)18(4,5)6/h8-11,21H,1-7H3. The summed E-state index contributed by atoms with van der Waals surface area (Å²) in [7, 11) is 1.99. The summed E-state index contributed by atoms with van der Waals surface area (Å²) in [6, 6.07) is 4.12. The van der Waals surface area contributed by atoms with Crippen molar-refractivity contribution in [2.24, 2.45) is 7.05 Å². The maximum Gasteiger partial charge on any atom is 0.139 e. The fourth-order valence-electron chi connectivity index (χ4n) is 2.55. The van der Waals surface area contributed by atoms with Crippen molar-refractivity contribution in [3.63, 3.8) is 0 Å². The van der Waals surface area contributed by atoms with Gasteiger partial charge in [0.25, 0.3) is 0 Å². The molecule has 3 nitrogen and oxygen atoms in total. The van der Waals surface area contributed by atoms with Crippen LogP contribution in [-0.2, 0) is 17.9 Å². The molecule has 0 atom stereocenters. The number of rotatable bonds is 1. The highest BCUT2D eigenvalue weighted by Gasteiger charge is 2.27. The molecule has 21 heavy (non-hydrogen) atoms. The van der Waals surface area contributed by atoms with E-state index >= 15 is 0 Å². The predicted molar refractivity (Wildman–Crippen MR) is 87.7 cm³/mol. The zero-order valence-corrected chi connectivity index (χ0v) is 14.2. The van der Waals surface area contributed by atoms with Gasteiger partial charge < -0.3 is 9.67 Å². The lowest BCUT2D eigenvalue weighted by atomic mass is 9.78. The van der Waals surface area contributed by atoms with Gasteiger partial charge in [-0.05, 0) is 23.0 Å². The molecule has 0 fully saturated rings. The highest BCUT2D eigenvalue weighted by atomic mass is 16.3. The summed E-state index contributed by atoms with van der Waals surface area (Å²) in [5, 5.41) is 10.7. The smallest absolute Gasteiger partial charge is 0.139 e. The molecule has 0 saturated carbocycles. The first-order valence-electron chi connectivity index (χ1n) is 7.37. The first kappa shape index (κ1) is 15.6. The Hall–Kier alpha value is -1.77. The van der Waals surface area contributed by atoms with E-state index in [4.69, 9.17) is 0 Å². The van der Waals surface area contributed by atoms with Crippen molar-refractivity contribution < 1.29 is 5.11 Å². The number of imidazole rings is 1. The minimum Gasteiger partial charge on any atom is -0.507 e. The Bertz CT molecular complexity index is 620. The lowest BCUT2D eigenvalue weighted by Crippen LogP contribution is -2.17. The molecular formula is C18H26N2O. The van der Waals surface area contributed by atoms with E-state index in [1.807, 2.05) is 17.8 Å². The summed E-state index contributed by atoms with van der Waals surface area (Å²) in [6.45, 7) is 12.7. The molecule has 0 aliphatic carbocycles. The van der Waals surface area contributed by atoms with Crippen LogP contribution in [-0.4, -0.2) is 14.7 Å². The van der Waals surface area contributed by atoms with E-state index in [2.05, 4.69) is 58.7 Å². The summed E-state index contributed by atoms with van der Waals surface area (Å²) in [4.78, 5) is 4.44. The lowest BCUT2D eigenvalue weighted by Gasteiger charge is -2.28. The molecule has 3 heteroatoms. The van der Waals surface area contributed by atoms with Gasteiger partial charge in [-0.25, -0.2) is 4.98 Å². The molecule has 114 valence electrons. The van der Waals surface area contributed by atoms with Crippen molar-refractivity contribution in [3.05, 3.63) is 35.7 Å². The van der Waals surface area contributed by atoms with Crippen molar-refractivity contribution in [1.29, 1.82) is 0 Å². The molecule has 2 rings (SSSR count). The second kappa shape index (κ2) is 4.90. The van der Waals surface area contributed by atoms with Crippen molar-refractivity contribution in [3.8, 4) is 17.1 Å². The van der Waals surface area contributed by atoms with Crippen LogP contribution in [0.25, 0.3) is 11.4 Å². The Morgan fingerprint density at radius 1 is 0.952 bits per heavy atom. The Morgan fingerprint density at radius 2 is 1.43 bits per heavy atom. The highest BCUT2D eigenvalue weighted by Crippen LogP contribution is 2.41. The van der Waals surface area contributed by atoms with E-state index in [-0.39, 0.29) is 10.8 Å². The number of phenols is 1. The van der Waals surface area contributed by atoms with Gasteiger partial charge in [0.15, 0.2) is 0 Å². The fraction of sp³-hybridized carbons (Fsp3) is 0.500. The van der Waals surface area contributed by atoms with Gasteiger partial charge in [0, 0.05) is 36.1 Å². The average molecular weight is 286 g/mol. The van der Waals surface area contributed by atoms with Crippen LogP contribution in [0, 0.1) is 0 Å². The number of aromatic nitrogens is 2. The molecule has 0 spiro atoms. The Kier molecular flexibility index (Phi) is 3.64. The van der Waals surface area contributed by atoms with E-state index in [1.54, 1.807) is 6.20 Å². The maximum absolute atomic E-state index is 10.7. The van der Waals surface area contributed by atoms with Gasteiger partial charge >= 0.3 is 0 Å². The largest absolute Gasteiger partial charge is 0.507 e. The summed E-state index contributed by atoms with van der Waals surface area (Å²) in [6.07, 6.45) is 3.74. The number of nitrogens with zero attached hydrogens (tertiary/aromatic N) is 2. The zero-order chi connectivity index (χ0) is 16.0. The normalized spacial score (nSPS) is 12.7. The van der Waals surface area contributed by atoms with Crippen LogP contribution in [0.2, 0.25) is 0 Å². The Labute approximate surface area is 127 Å². The second-order valence-electron chi connectivity index (χ2n) is 7.78. The van der Waals surface area contributed by atoms with Gasteiger partial charge in [-0.1, -0.05) is 41.5 Å². The maximum atomic E-state index is 10.7. The number of aryl methyl sites for hydroxylation is 1. The molecule has 1 heterocycles. The molecule has 0 radical (unpaired) electrons. The summed E-state index contributed by atoms with van der Waals surface area (Å²) >= 11 is 0. The topological polar surface area (TPSA) is 38.0 Å². The Balaban J connectivity index is 2.78. The van der Waals surface area contributed by atoms with Gasteiger partial charge in [-0.3, -0.25) is 0 Å².